The first-order chi connectivity index (χ1) is 11.2. The molecule has 2 aromatic rings. The quantitative estimate of drug-likeness (QED) is 0.912. The van der Waals surface area contributed by atoms with Gasteiger partial charge in [-0.1, -0.05) is 19.9 Å². The minimum Gasteiger partial charge on any atom is -0.486 e. The summed E-state index contributed by atoms with van der Waals surface area (Å²) in [5.74, 6) is 3.31. The van der Waals surface area contributed by atoms with Gasteiger partial charge in [-0.2, -0.15) is 0 Å². The van der Waals surface area contributed by atoms with E-state index in [0.717, 1.165) is 41.7 Å². The molecule has 0 radical (unpaired) electrons. The number of aryl methyl sites for hydroxylation is 2. The molecule has 1 N–H and O–H groups in total. The van der Waals surface area contributed by atoms with E-state index in [2.05, 4.69) is 41.3 Å². The van der Waals surface area contributed by atoms with Crippen LogP contribution in [0.4, 0.5) is 5.82 Å². The van der Waals surface area contributed by atoms with Crippen LogP contribution in [-0.4, -0.2) is 23.2 Å². The van der Waals surface area contributed by atoms with Crippen LogP contribution in [0.5, 0.6) is 11.5 Å². The fraction of sp³-hybridized carbons (Fsp3) is 0.444. The van der Waals surface area contributed by atoms with Crippen LogP contribution in [0, 0.1) is 6.92 Å². The molecule has 1 unspecified atom stereocenters. The zero-order chi connectivity index (χ0) is 16.2. The van der Waals surface area contributed by atoms with Crippen molar-refractivity contribution >= 4 is 5.82 Å². The van der Waals surface area contributed by atoms with Crippen LogP contribution in [0.3, 0.4) is 0 Å². The number of nitrogens with zero attached hydrogens (tertiary/aromatic N) is 2. The highest BCUT2D eigenvalue weighted by Crippen LogP contribution is 2.34. The Morgan fingerprint density at radius 3 is 2.61 bits per heavy atom. The normalized spacial score (nSPS) is 14.4. The molecule has 0 amide bonds. The lowest BCUT2D eigenvalue weighted by Crippen LogP contribution is -2.17. The van der Waals surface area contributed by atoms with Gasteiger partial charge in [0.05, 0.1) is 6.04 Å². The standard InChI is InChI=1S/C18H23N3O2/c1-4-14-11-18(20-12(3)19-14)21-15(5-2)13-6-7-16-17(10-13)23-9-8-22-16/h6-7,10-11,15H,4-5,8-9H2,1-3H3,(H,19,20,21). The van der Waals surface area contributed by atoms with Gasteiger partial charge in [0.1, 0.15) is 24.9 Å². The summed E-state index contributed by atoms with van der Waals surface area (Å²) in [6.45, 7) is 7.40. The van der Waals surface area contributed by atoms with E-state index in [0.29, 0.717) is 13.2 Å². The highest BCUT2D eigenvalue weighted by Gasteiger charge is 2.16. The predicted octanol–water partition coefficient (Wildman–Crippen LogP) is 3.68. The molecule has 122 valence electrons. The lowest BCUT2D eigenvalue weighted by atomic mass is 10.0. The Bertz CT molecular complexity index is 688. The topological polar surface area (TPSA) is 56.3 Å². The van der Waals surface area contributed by atoms with E-state index in [1.807, 2.05) is 19.1 Å². The number of hydrogen-bond donors (Lipinski definition) is 1. The molecular formula is C18H23N3O2. The first-order valence-electron chi connectivity index (χ1n) is 8.20. The molecule has 1 aliphatic heterocycles. The Hall–Kier alpha value is -2.30. The predicted molar refractivity (Wildman–Crippen MR) is 90.2 cm³/mol. The summed E-state index contributed by atoms with van der Waals surface area (Å²) in [5, 5.41) is 3.52. The second-order valence-corrected chi connectivity index (χ2v) is 5.65. The zero-order valence-electron chi connectivity index (χ0n) is 13.9. The summed E-state index contributed by atoms with van der Waals surface area (Å²) in [7, 11) is 0. The Morgan fingerprint density at radius 1 is 1.09 bits per heavy atom. The summed E-state index contributed by atoms with van der Waals surface area (Å²) >= 11 is 0. The van der Waals surface area contributed by atoms with E-state index in [9.17, 15) is 0 Å². The Balaban J connectivity index is 1.84. The van der Waals surface area contributed by atoms with E-state index >= 15 is 0 Å². The molecule has 5 heteroatoms. The Morgan fingerprint density at radius 2 is 1.87 bits per heavy atom. The van der Waals surface area contributed by atoms with Crippen LogP contribution < -0.4 is 14.8 Å². The molecule has 0 aliphatic carbocycles. The highest BCUT2D eigenvalue weighted by atomic mass is 16.6. The molecule has 0 spiro atoms. The molecule has 0 saturated carbocycles. The molecule has 1 atom stereocenters. The van der Waals surface area contributed by atoms with Gasteiger partial charge in [-0.25, -0.2) is 9.97 Å². The molecule has 1 aromatic carbocycles. The first-order valence-corrected chi connectivity index (χ1v) is 8.20. The molecule has 5 nitrogen and oxygen atoms in total. The van der Waals surface area contributed by atoms with Crippen molar-refractivity contribution in [1.29, 1.82) is 0 Å². The molecule has 0 bridgehead atoms. The van der Waals surface area contributed by atoms with Gasteiger partial charge in [-0.15, -0.1) is 0 Å². The molecule has 3 rings (SSSR count). The molecular weight excluding hydrogens is 290 g/mol. The average Bonchev–Trinajstić information content (AvgIpc) is 2.58. The Labute approximate surface area is 137 Å². The van der Waals surface area contributed by atoms with Gasteiger partial charge in [-0.3, -0.25) is 0 Å². The van der Waals surface area contributed by atoms with E-state index in [1.54, 1.807) is 0 Å². The molecule has 0 saturated heterocycles. The zero-order valence-corrected chi connectivity index (χ0v) is 13.9. The van der Waals surface area contributed by atoms with Crippen molar-refractivity contribution in [3.05, 3.63) is 41.3 Å². The van der Waals surface area contributed by atoms with Gasteiger partial charge in [0.2, 0.25) is 0 Å². The Kier molecular flexibility index (Phi) is 4.65. The summed E-state index contributed by atoms with van der Waals surface area (Å²) < 4.78 is 11.3. The number of rotatable bonds is 5. The van der Waals surface area contributed by atoms with Crippen LogP contribution in [0.1, 0.15) is 43.4 Å². The van der Waals surface area contributed by atoms with Crippen molar-refractivity contribution < 1.29 is 9.47 Å². The highest BCUT2D eigenvalue weighted by molar-refractivity contribution is 5.47. The number of aromatic nitrogens is 2. The lowest BCUT2D eigenvalue weighted by Gasteiger charge is -2.23. The van der Waals surface area contributed by atoms with Crippen LogP contribution in [-0.2, 0) is 6.42 Å². The first kappa shape index (κ1) is 15.6. The third-order valence-electron chi connectivity index (χ3n) is 3.95. The third kappa shape index (κ3) is 3.55. The van der Waals surface area contributed by atoms with Gasteiger partial charge in [-0.05, 0) is 37.5 Å². The van der Waals surface area contributed by atoms with Crippen molar-refractivity contribution in [2.24, 2.45) is 0 Å². The number of ether oxygens (including phenoxy) is 2. The molecule has 1 aliphatic rings. The largest absolute Gasteiger partial charge is 0.486 e. The number of nitrogens with one attached hydrogen (secondary N) is 1. The van der Waals surface area contributed by atoms with Gasteiger partial charge in [0, 0.05) is 11.8 Å². The maximum absolute atomic E-state index is 5.69. The maximum atomic E-state index is 5.69. The summed E-state index contributed by atoms with van der Waals surface area (Å²) in [6, 6.07) is 8.32. The number of benzene rings is 1. The average molecular weight is 313 g/mol. The van der Waals surface area contributed by atoms with Crippen molar-refractivity contribution in [2.45, 2.75) is 39.7 Å². The van der Waals surface area contributed by atoms with Gasteiger partial charge in [0.25, 0.3) is 0 Å². The van der Waals surface area contributed by atoms with Gasteiger partial charge in [0.15, 0.2) is 11.5 Å². The second-order valence-electron chi connectivity index (χ2n) is 5.65. The number of fused-ring (bicyclic) bond motifs is 1. The van der Waals surface area contributed by atoms with Crippen molar-refractivity contribution in [3.63, 3.8) is 0 Å². The van der Waals surface area contributed by atoms with E-state index in [1.165, 1.54) is 5.56 Å². The number of anilines is 1. The molecule has 23 heavy (non-hydrogen) atoms. The number of hydrogen-bond acceptors (Lipinski definition) is 5. The van der Waals surface area contributed by atoms with Crippen LogP contribution in [0.15, 0.2) is 24.3 Å². The summed E-state index contributed by atoms with van der Waals surface area (Å²) in [4.78, 5) is 8.93. The van der Waals surface area contributed by atoms with Crippen LogP contribution in [0.2, 0.25) is 0 Å². The molecule has 0 fully saturated rings. The van der Waals surface area contributed by atoms with Gasteiger partial charge >= 0.3 is 0 Å². The minimum atomic E-state index is 0.171. The van der Waals surface area contributed by atoms with Crippen molar-refractivity contribution in [1.82, 2.24) is 9.97 Å². The van der Waals surface area contributed by atoms with Crippen LogP contribution >= 0.6 is 0 Å². The lowest BCUT2D eigenvalue weighted by molar-refractivity contribution is 0.171. The van der Waals surface area contributed by atoms with Gasteiger partial charge < -0.3 is 14.8 Å². The summed E-state index contributed by atoms with van der Waals surface area (Å²) in [5.41, 5.74) is 2.23. The van der Waals surface area contributed by atoms with Crippen molar-refractivity contribution in [2.75, 3.05) is 18.5 Å². The third-order valence-corrected chi connectivity index (χ3v) is 3.95. The monoisotopic (exact) mass is 313 g/mol. The maximum Gasteiger partial charge on any atom is 0.161 e. The molecule has 2 heterocycles. The summed E-state index contributed by atoms with van der Waals surface area (Å²) in [6.07, 6.45) is 1.85. The molecule has 1 aromatic heterocycles. The van der Waals surface area contributed by atoms with Crippen molar-refractivity contribution in [3.8, 4) is 11.5 Å². The fourth-order valence-corrected chi connectivity index (χ4v) is 2.76. The minimum absolute atomic E-state index is 0.171. The van der Waals surface area contributed by atoms with E-state index in [4.69, 9.17) is 9.47 Å². The smallest absolute Gasteiger partial charge is 0.161 e. The van der Waals surface area contributed by atoms with Crippen LogP contribution in [0.25, 0.3) is 0 Å². The second kappa shape index (κ2) is 6.86. The SMILES string of the molecule is CCc1cc(NC(CC)c2ccc3c(c2)OCCO3)nc(C)n1. The van der Waals surface area contributed by atoms with E-state index in [-0.39, 0.29) is 6.04 Å². The fourth-order valence-electron chi connectivity index (χ4n) is 2.76. The van der Waals surface area contributed by atoms with E-state index < -0.39 is 0 Å².